The van der Waals surface area contributed by atoms with Gasteiger partial charge in [-0.3, -0.25) is 4.79 Å². The molecule has 19 heavy (non-hydrogen) atoms. The number of rotatable bonds is 2. The van der Waals surface area contributed by atoms with Gasteiger partial charge in [-0.25, -0.2) is 8.78 Å². The summed E-state index contributed by atoms with van der Waals surface area (Å²) in [5.41, 5.74) is -1.03. The smallest absolute Gasteiger partial charge is 0.245 e. The third-order valence-corrected chi connectivity index (χ3v) is 3.17. The van der Waals surface area contributed by atoms with Crippen LogP contribution in [0.5, 0.6) is 0 Å². The predicted molar refractivity (Wildman–Crippen MR) is 63.1 cm³/mol. The molecule has 1 fully saturated rings. The third-order valence-electron chi connectivity index (χ3n) is 3.17. The molecule has 1 aromatic rings. The van der Waals surface area contributed by atoms with Crippen molar-refractivity contribution >= 4 is 11.6 Å². The van der Waals surface area contributed by atoms with Gasteiger partial charge in [-0.1, -0.05) is 0 Å². The number of carbonyl (C=O) groups is 1. The standard InChI is InChI=1S/C13H12F2N2O2/c14-10-2-1-9(7-11(10)15)17-12(18)13(8-16)3-5-19-6-4-13/h1-2,7H,3-6H2,(H,17,18). The minimum Gasteiger partial charge on any atom is -0.381 e. The second kappa shape index (κ2) is 5.33. The molecular formula is C13H12F2N2O2. The lowest BCUT2D eigenvalue weighted by Gasteiger charge is -2.29. The topological polar surface area (TPSA) is 62.1 Å². The zero-order valence-electron chi connectivity index (χ0n) is 10.1. The number of ether oxygens (including phenoxy) is 1. The van der Waals surface area contributed by atoms with Crippen molar-refractivity contribution in [3.8, 4) is 6.07 Å². The highest BCUT2D eigenvalue weighted by Crippen LogP contribution is 2.31. The Labute approximate surface area is 109 Å². The van der Waals surface area contributed by atoms with E-state index in [1.807, 2.05) is 6.07 Å². The van der Waals surface area contributed by atoms with Crippen LogP contribution in [0.15, 0.2) is 18.2 Å². The maximum absolute atomic E-state index is 13.0. The normalized spacial score (nSPS) is 17.5. The molecule has 0 aliphatic carbocycles. The molecule has 2 rings (SSSR count). The lowest BCUT2D eigenvalue weighted by molar-refractivity contribution is -0.126. The molecule has 4 nitrogen and oxygen atoms in total. The number of hydrogen-bond donors (Lipinski definition) is 1. The molecule has 100 valence electrons. The minimum atomic E-state index is -1.16. The molecule has 0 unspecified atom stereocenters. The zero-order chi connectivity index (χ0) is 13.9. The van der Waals surface area contributed by atoms with E-state index in [1.54, 1.807) is 0 Å². The molecule has 0 saturated carbocycles. The van der Waals surface area contributed by atoms with E-state index in [2.05, 4.69) is 5.32 Å². The molecule has 1 aromatic carbocycles. The highest BCUT2D eigenvalue weighted by atomic mass is 19.2. The maximum Gasteiger partial charge on any atom is 0.245 e. The first-order valence-corrected chi connectivity index (χ1v) is 5.83. The Balaban J connectivity index is 2.15. The van der Waals surface area contributed by atoms with E-state index in [-0.39, 0.29) is 5.69 Å². The fraction of sp³-hybridized carbons (Fsp3) is 0.385. The number of benzene rings is 1. The van der Waals surface area contributed by atoms with Gasteiger partial charge in [-0.05, 0) is 25.0 Å². The van der Waals surface area contributed by atoms with E-state index in [0.29, 0.717) is 26.1 Å². The van der Waals surface area contributed by atoms with Gasteiger partial charge in [-0.2, -0.15) is 5.26 Å². The summed E-state index contributed by atoms with van der Waals surface area (Å²) in [6.45, 7) is 0.664. The lowest BCUT2D eigenvalue weighted by atomic mass is 9.81. The Kier molecular flexibility index (Phi) is 3.76. The van der Waals surface area contributed by atoms with E-state index < -0.39 is 23.0 Å². The van der Waals surface area contributed by atoms with E-state index in [9.17, 15) is 18.8 Å². The van der Waals surface area contributed by atoms with Crippen LogP contribution < -0.4 is 5.32 Å². The fourth-order valence-electron chi connectivity index (χ4n) is 1.93. The van der Waals surface area contributed by atoms with Crippen LogP contribution in [0.3, 0.4) is 0 Å². The van der Waals surface area contributed by atoms with Crippen molar-refractivity contribution in [1.29, 1.82) is 5.26 Å². The van der Waals surface area contributed by atoms with Crippen molar-refractivity contribution in [2.45, 2.75) is 12.8 Å². The first kappa shape index (κ1) is 13.4. The van der Waals surface area contributed by atoms with Crippen LogP contribution in [-0.2, 0) is 9.53 Å². The quantitative estimate of drug-likeness (QED) is 0.892. The molecule has 1 aliphatic heterocycles. The second-order valence-corrected chi connectivity index (χ2v) is 4.39. The van der Waals surface area contributed by atoms with Gasteiger partial charge in [0.2, 0.25) is 5.91 Å². The van der Waals surface area contributed by atoms with E-state index in [4.69, 9.17) is 4.74 Å². The van der Waals surface area contributed by atoms with Crippen LogP contribution in [-0.4, -0.2) is 19.1 Å². The molecule has 1 N–H and O–H groups in total. The molecule has 1 amide bonds. The summed E-state index contributed by atoms with van der Waals surface area (Å²) in [5.74, 6) is -2.54. The summed E-state index contributed by atoms with van der Waals surface area (Å²) in [6.07, 6.45) is 0.581. The van der Waals surface area contributed by atoms with Crippen LogP contribution in [0.1, 0.15) is 12.8 Å². The van der Waals surface area contributed by atoms with Crippen molar-refractivity contribution in [3.05, 3.63) is 29.8 Å². The fourth-order valence-corrected chi connectivity index (χ4v) is 1.93. The Bertz CT molecular complexity index is 534. The second-order valence-electron chi connectivity index (χ2n) is 4.39. The highest BCUT2D eigenvalue weighted by molar-refractivity contribution is 5.97. The third kappa shape index (κ3) is 2.71. The van der Waals surface area contributed by atoms with E-state index >= 15 is 0 Å². The predicted octanol–water partition coefficient (Wildman–Crippen LogP) is 2.22. The van der Waals surface area contributed by atoms with E-state index in [1.165, 1.54) is 6.07 Å². The lowest BCUT2D eigenvalue weighted by Crippen LogP contribution is -2.39. The van der Waals surface area contributed by atoms with E-state index in [0.717, 1.165) is 12.1 Å². The molecule has 1 heterocycles. The van der Waals surface area contributed by atoms with Crippen LogP contribution in [0.25, 0.3) is 0 Å². The van der Waals surface area contributed by atoms with Crippen molar-refractivity contribution in [1.82, 2.24) is 0 Å². The molecule has 1 aliphatic rings. The summed E-state index contributed by atoms with van der Waals surface area (Å²) in [6, 6.07) is 5.07. The Morgan fingerprint density at radius 1 is 1.32 bits per heavy atom. The Morgan fingerprint density at radius 2 is 2.00 bits per heavy atom. The molecule has 6 heteroatoms. The summed E-state index contributed by atoms with van der Waals surface area (Å²) in [4.78, 5) is 12.1. The average Bonchev–Trinajstić information content (AvgIpc) is 2.43. The summed E-state index contributed by atoms with van der Waals surface area (Å²) >= 11 is 0. The zero-order valence-corrected chi connectivity index (χ0v) is 10.1. The highest BCUT2D eigenvalue weighted by Gasteiger charge is 2.40. The molecule has 1 saturated heterocycles. The van der Waals surface area contributed by atoms with Gasteiger partial charge >= 0.3 is 0 Å². The Hall–Kier alpha value is -2.00. The monoisotopic (exact) mass is 266 g/mol. The summed E-state index contributed by atoms with van der Waals surface area (Å²) in [5, 5.41) is 11.6. The largest absolute Gasteiger partial charge is 0.381 e. The van der Waals surface area contributed by atoms with Gasteiger partial charge in [0, 0.05) is 25.0 Å². The van der Waals surface area contributed by atoms with Gasteiger partial charge in [-0.15, -0.1) is 0 Å². The van der Waals surface area contributed by atoms with Crippen molar-refractivity contribution in [3.63, 3.8) is 0 Å². The van der Waals surface area contributed by atoms with Crippen LogP contribution >= 0.6 is 0 Å². The number of nitrogens with zero attached hydrogens (tertiary/aromatic N) is 1. The molecule has 0 atom stereocenters. The average molecular weight is 266 g/mol. The van der Waals surface area contributed by atoms with Gasteiger partial charge < -0.3 is 10.1 Å². The van der Waals surface area contributed by atoms with Crippen LogP contribution in [0.4, 0.5) is 14.5 Å². The number of nitriles is 1. The molecular weight excluding hydrogens is 254 g/mol. The number of hydrogen-bond acceptors (Lipinski definition) is 3. The maximum atomic E-state index is 13.0. The number of anilines is 1. The van der Waals surface area contributed by atoms with Gasteiger partial charge in [0.05, 0.1) is 6.07 Å². The van der Waals surface area contributed by atoms with Crippen LogP contribution in [0, 0.1) is 28.4 Å². The number of amides is 1. The number of nitrogens with one attached hydrogen (secondary N) is 1. The number of carbonyl (C=O) groups excluding carboxylic acids is 1. The molecule has 0 aromatic heterocycles. The molecule has 0 bridgehead atoms. The van der Waals surface area contributed by atoms with Crippen molar-refractivity contribution in [2.75, 3.05) is 18.5 Å². The minimum absolute atomic E-state index is 0.130. The number of halogens is 2. The summed E-state index contributed by atoms with van der Waals surface area (Å²) in [7, 11) is 0. The van der Waals surface area contributed by atoms with Gasteiger partial charge in [0.15, 0.2) is 11.6 Å². The molecule has 0 radical (unpaired) electrons. The SMILES string of the molecule is N#CC1(C(=O)Nc2ccc(F)c(F)c2)CCOCC1. The van der Waals surface area contributed by atoms with Gasteiger partial charge in [0.25, 0.3) is 0 Å². The first-order chi connectivity index (χ1) is 9.07. The van der Waals surface area contributed by atoms with Crippen LogP contribution in [0.2, 0.25) is 0 Å². The Morgan fingerprint density at radius 3 is 2.58 bits per heavy atom. The molecule has 0 spiro atoms. The van der Waals surface area contributed by atoms with Crippen molar-refractivity contribution in [2.24, 2.45) is 5.41 Å². The van der Waals surface area contributed by atoms with Gasteiger partial charge in [0.1, 0.15) is 5.41 Å². The summed E-state index contributed by atoms with van der Waals surface area (Å²) < 4.78 is 30.9. The first-order valence-electron chi connectivity index (χ1n) is 5.83. The van der Waals surface area contributed by atoms with Crippen molar-refractivity contribution < 1.29 is 18.3 Å².